The van der Waals surface area contributed by atoms with Crippen LogP contribution in [0.3, 0.4) is 0 Å². The third-order valence-corrected chi connectivity index (χ3v) is 3.97. The summed E-state index contributed by atoms with van der Waals surface area (Å²) in [4.78, 5) is 18.3. The van der Waals surface area contributed by atoms with E-state index in [-0.39, 0.29) is 5.91 Å². The monoisotopic (exact) mass is 302 g/mol. The molecule has 3 heterocycles. The predicted molar refractivity (Wildman–Crippen MR) is 79.2 cm³/mol. The fourth-order valence-corrected chi connectivity index (χ4v) is 2.83. The van der Waals surface area contributed by atoms with Gasteiger partial charge in [0, 0.05) is 4.88 Å². The summed E-state index contributed by atoms with van der Waals surface area (Å²) in [6.45, 7) is 4.19. The van der Waals surface area contributed by atoms with Gasteiger partial charge in [-0.2, -0.15) is 0 Å². The normalized spacial score (nSPS) is 10.8. The SMILES string of the molecule is Cc1ccc(CNC(=O)c2ncoc2-c2ccc(C)s2)o1. The van der Waals surface area contributed by atoms with E-state index in [9.17, 15) is 4.79 Å². The van der Waals surface area contributed by atoms with E-state index < -0.39 is 0 Å². The van der Waals surface area contributed by atoms with Crippen LogP contribution in [0.2, 0.25) is 0 Å². The maximum Gasteiger partial charge on any atom is 0.274 e. The summed E-state index contributed by atoms with van der Waals surface area (Å²) in [5.41, 5.74) is 0.292. The van der Waals surface area contributed by atoms with Crippen LogP contribution >= 0.6 is 11.3 Å². The minimum absolute atomic E-state index is 0.279. The minimum atomic E-state index is -0.279. The van der Waals surface area contributed by atoms with E-state index in [2.05, 4.69) is 10.3 Å². The molecule has 0 radical (unpaired) electrons. The topological polar surface area (TPSA) is 68.3 Å². The van der Waals surface area contributed by atoms with Crippen LogP contribution < -0.4 is 5.32 Å². The van der Waals surface area contributed by atoms with Crippen LogP contribution in [0.4, 0.5) is 0 Å². The molecular weight excluding hydrogens is 288 g/mol. The first kappa shape index (κ1) is 13.6. The van der Waals surface area contributed by atoms with Crippen molar-refractivity contribution in [2.75, 3.05) is 0 Å². The number of aromatic nitrogens is 1. The largest absolute Gasteiger partial charge is 0.465 e. The highest BCUT2D eigenvalue weighted by Gasteiger charge is 2.19. The van der Waals surface area contributed by atoms with Gasteiger partial charge in [-0.25, -0.2) is 4.98 Å². The average molecular weight is 302 g/mol. The molecular formula is C15H14N2O3S. The Morgan fingerprint density at radius 1 is 1.29 bits per heavy atom. The number of carbonyl (C=O) groups excluding carboxylic acids is 1. The lowest BCUT2D eigenvalue weighted by atomic mass is 10.2. The van der Waals surface area contributed by atoms with Crippen molar-refractivity contribution in [3.8, 4) is 10.6 Å². The van der Waals surface area contributed by atoms with Gasteiger partial charge in [0.25, 0.3) is 5.91 Å². The molecule has 21 heavy (non-hydrogen) atoms. The van der Waals surface area contributed by atoms with Crippen molar-refractivity contribution in [2.24, 2.45) is 0 Å². The minimum Gasteiger partial charge on any atom is -0.465 e. The number of oxazole rings is 1. The second-order valence-electron chi connectivity index (χ2n) is 4.64. The molecule has 0 unspecified atom stereocenters. The highest BCUT2D eigenvalue weighted by Crippen LogP contribution is 2.30. The van der Waals surface area contributed by atoms with E-state index in [0.29, 0.717) is 23.8 Å². The molecule has 1 N–H and O–H groups in total. The lowest BCUT2D eigenvalue weighted by molar-refractivity contribution is 0.0943. The summed E-state index contributed by atoms with van der Waals surface area (Å²) < 4.78 is 10.8. The Morgan fingerprint density at radius 3 is 2.81 bits per heavy atom. The van der Waals surface area contributed by atoms with E-state index in [1.807, 2.05) is 38.1 Å². The maximum absolute atomic E-state index is 12.2. The Balaban J connectivity index is 1.75. The molecule has 0 aliphatic rings. The summed E-state index contributed by atoms with van der Waals surface area (Å²) in [6.07, 6.45) is 1.29. The Bertz CT molecular complexity index is 769. The van der Waals surface area contributed by atoms with Crippen LogP contribution in [-0.2, 0) is 6.54 Å². The first-order chi connectivity index (χ1) is 10.1. The van der Waals surface area contributed by atoms with Gasteiger partial charge in [-0.05, 0) is 38.1 Å². The van der Waals surface area contributed by atoms with Crippen molar-refractivity contribution >= 4 is 17.2 Å². The number of amides is 1. The summed E-state index contributed by atoms with van der Waals surface area (Å²) in [6, 6.07) is 7.60. The van der Waals surface area contributed by atoms with E-state index in [1.165, 1.54) is 6.39 Å². The van der Waals surface area contributed by atoms with Crippen molar-refractivity contribution in [2.45, 2.75) is 20.4 Å². The number of furan rings is 1. The lowest BCUT2D eigenvalue weighted by Crippen LogP contribution is -2.23. The van der Waals surface area contributed by atoms with Crippen LogP contribution in [0, 0.1) is 13.8 Å². The molecule has 0 aliphatic heterocycles. The molecule has 0 spiro atoms. The van der Waals surface area contributed by atoms with Gasteiger partial charge in [0.2, 0.25) is 0 Å². The Morgan fingerprint density at radius 2 is 2.14 bits per heavy atom. The fourth-order valence-electron chi connectivity index (χ4n) is 1.97. The number of nitrogens with zero attached hydrogens (tertiary/aromatic N) is 1. The molecule has 3 aromatic rings. The van der Waals surface area contributed by atoms with Crippen LogP contribution in [0.1, 0.15) is 26.9 Å². The number of hydrogen-bond donors (Lipinski definition) is 1. The summed E-state index contributed by atoms with van der Waals surface area (Å²) in [5.74, 6) is 1.74. The third-order valence-electron chi connectivity index (χ3n) is 2.97. The predicted octanol–water partition coefficient (Wildman–Crippen LogP) is 3.54. The molecule has 6 heteroatoms. The van der Waals surface area contributed by atoms with Gasteiger partial charge < -0.3 is 14.2 Å². The molecule has 0 fully saturated rings. The highest BCUT2D eigenvalue weighted by atomic mass is 32.1. The summed E-state index contributed by atoms with van der Waals surface area (Å²) >= 11 is 1.56. The molecule has 0 atom stereocenters. The molecule has 0 saturated carbocycles. The number of carbonyl (C=O) groups is 1. The Kier molecular flexibility index (Phi) is 3.62. The molecule has 1 amide bonds. The first-order valence-corrected chi connectivity index (χ1v) is 7.29. The van der Waals surface area contributed by atoms with Crippen LogP contribution in [-0.4, -0.2) is 10.9 Å². The van der Waals surface area contributed by atoms with Gasteiger partial charge in [0.05, 0.1) is 11.4 Å². The average Bonchev–Trinajstić information content (AvgIpc) is 3.16. The van der Waals surface area contributed by atoms with Gasteiger partial charge in [0.1, 0.15) is 11.5 Å². The highest BCUT2D eigenvalue weighted by molar-refractivity contribution is 7.15. The van der Waals surface area contributed by atoms with Crippen LogP contribution in [0.25, 0.3) is 10.6 Å². The smallest absolute Gasteiger partial charge is 0.274 e. The molecule has 108 valence electrons. The zero-order chi connectivity index (χ0) is 14.8. The van der Waals surface area contributed by atoms with Gasteiger partial charge in [-0.1, -0.05) is 0 Å². The zero-order valence-electron chi connectivity index (χ0n) is 11.7. The van der Waals surface area contributed by atoms with E-state index in [1.54, 1.807) is 11.3 Å². The van der Waals surface area contributed by atoms with E-state index in [0.717, 1.165) is 15.5 Å². The second kappa shape index (κ2) is 5.57. The number of thiophene rings is 1. The number of hydrogen-bond acceptors (Lipinski definition) is 5. The van der Waals surface area contributed by atoms with Crippen LogP contribution in [0.15, 0.2) is 39.5 Å². The molecule has 0 aromatic carbocycles. The molecule has 3 aromatic heterocycles. The second-order valence-corrected chi connectivity index (χ2v) is 5.92. The molecule has 0 saturated heterocycles. The van der Waals surface area contributed by atoms with Gasteiger partial charge in [-0.3, -0.25) is 4.79 Å². The van der Waals surface area contributed by atoms with Crippen molar-refractivity contribution in [1.29, 1.82) is 0 Å². The quantitative estimate of drug-likeness (QED) is 0.800. The molecule has 0 aliphatic carbocycles. The first-order valence-electron chi connectivity index (χ1n) is 6.47. The molecule has 0 bridgehead atoms. The van der Waals surface area contributed by atoms with Gasteiger partial charge in [-0.15, -0.1) is 11.3 Å². The molecule has 5 nitrogen and oxygen atoms in total. The van der Waals surface area contributed by atoms with Crippen molar-refractivity contribution in [1.82, 2.24) is 10.3 Å². The maximum atomic E-state index is 12.2. The lowest BCUT2D eigenvalue weighted by Gasteiger charge is -2.01. The third kappa shape index (κ3) is 2.90. The standard InChI is InChI=1S/C15H14N2O3S/c1-9-3-5-11(20-9)7-16-15(18)13-14(19-8-17-13)12-6-4-10(2)21-12/h3-6,8H,7H2,1-2H3,(H,16,18). The number of aryl methyl sites for hydroxylation is 2. The van der Waals surface area contributed by atoms with Crippen LogP contribution in [0.5, 0.6) is 0 Å². The summed E-state index contributed by atoms with van der Waals surface area (Å²) in [5, 5.41) is 2.78. The van der Waals surface area contributed by atoms with Gasteiger partial charge >= 0.3 is 0 Å². The Hall–Kier alpha value is -2.34. The van der Waals surface area contributed by atoms with Gasteiger partial charge in [0.15, 0.2) is 17.8 Å². The number of rotatable bonds is 4. The van der Waals surface area contributed by atoms with E-state index >= 15 is 0 Å². The summed E-state index contributed by atoms with van der Waals surface area (Å²) in [7, 11) is 0. The Labute approximate surface area is 125 Å². The van der Waals surface area contributed by atoms with Crippen molar-refractivity contribution in [3.05, 3.63) is 52.8 Å². The van der Waals surface area contributed by atoms with Crippen molar-refractivity contribution < 1.29 is 13.6 Å². The zero-order valence-corrected chi connectivity index (χ0v) is 12.5. The fraction of sp³-hybridized carbons (Fsp3) is 0.200. The van der Waals surface area contributed by atoms with Crippen molar-refractivity contribution in [3.63, 3.8) is 0 Å². The van der Waals surface area contributed by atoms with E-state index in [4.69, 9.17) is 8.83 Å². The number of nitrogens with one attached hydrogen (secondary N) is 1. The molecule has 3 rings (SSSR count).